The van der Waals surface area contributed by atoms with Gasteiger partial charge in [-0.05, 0) is 35.7 Å². The molecular formula is C22H20O7. The van der Waals surface area contributed by atoms with Gasteiger partial charge in [0.25, 0.3) is 0 Å². The molecular weight excluding hydrogens is 376 g/mol. The number of phenols is 1. The van der Waals surface area contributed by atoms with Crippen LogP contribution in [0, 0.1) is 0 Å². The number of hydrogen-bond donors (Lipinski definition) is 1. The average molecular weight is 396 g/mol. The summed E-state index contributed by atoms with van der Waals surface area (Å²) in [6.07, 6.45) is 0.682. The van der Waals surface area contributed by atoms with Crippen LogP contribution < -0.4 is 15.1 Å². The summed E-state index contributed by atoms with van der Waals surface area (Å²) < 4.78 is 21.5. The number of fused-ring (bicyclic) bond motifs is 2. The summed E-state index contributed by atoms with van der Waals surface area (Å²) in [5.41, 5.74) is 1.68. The Kier molecular flexibility index (Phi) is 5.12. The molecule has 0 amide bonds. The number of esters is 1. The van der Waals surface area contributed by atoms with Crippen molar-refractivity contribution in [3.63, 3.8) is 0 Å². The molecule has 29 heavy (non-hydrogen) atoms. The monoisotopic (exact) mass is 396 g/mol. The fraction of sp³-hybridized carbons (Fsp3) is 0.273. The van der Waals surface area contributed by atoms with Gasteiger partial charge in [-0.3, -0.25) is 4.79 Å². The lowest BCUT2D eigenvalue weighted by Crippen LogP contribution is -2.16. The van der Waals surface area contributed by atoms with Crippen LogP contribution in [0.3, 0.4) is 0 Å². The molecule has 1 aliphatic rings. The minimum Gasteiger partial charge on any atom is -0.508 e. The third-order valence-electron chi connectivity index (χ3n) is 4.75. The number of benzene rings is 2. The van der Waals surface area contributed by atoms with Crippen molar-refractivity contribution in [2.45, 2.75) is 26.4 Å². The summed E-state index contributed by atoms with van der Waals surface area (Å²) in [5, 5.41) is 10.6. The second-order valence-corrected chi connectivity index (χ2v) is 6.74. The maximum absolute atomic E-state index is 12.3. The van der Waals surface area contributed by atoms with Crippen LogP contribution in [-0.2, 0) is 29.0 Å². The molecule has 1 aliphatic heterocycles. The van der Waals surface area contributed by atoms with Gasteiger partial charge in [-0.15, -0.1) is 0 Å². The third kappa shape index (κ3) is 4.03. The molecule has 150 valence electrons. The van der Waals surface area contributed by atoms with E-state index in [2.05, 4.69) is 0 Å². The van der Waals surface area contributed by atoms with Gasteiger partial charge in [0.1, 0.15) is 31.2 Å². The first-order valence-electron chi connectivity index (χ1n) is 9.36. The molecule has 0 fully saturated rings. The molecule has 0 radical (unpaired) electrons. The molecule has 0 saturated heterocycles. The van der Waals surface area contributed by atoms with E-state index in [1.807, 2.05) is 6.92 Å². The molecule has 0 saturated carbocycles. The van der Waals surface area contributed by atoms with Gasteiger partial charge in [-0.1, -0.05) is 13.0 Å². The molecule has 4 rings (SSSR count). The van der Waals surface area contributed by atoms with E-state index >= 15 is 0 Å². The average Bonchev–Trinajstić information content (AvgIpc) is 2.71. The van der Waals surface area contributed by atoms with Gasteiger partial charge >= 0.3 is 11.6 Å². The number of hydrogen-bond acceptors (Lipinski definition) is 7. The lowest BCUT2D eigenvalue weighted by Gasteiger charge is -2.18. The van der Waals surface area contributed by atoms with E-state index in [9.17, 15) is 14.7 Å². The van der Waals surface area contributed by atoms with Crippen molar-refractivity contribution in [2.24, 2.45) is 0 Å². The SMILES string of the molecule is CCc1cc2c(COC(=O)Cc3ccc4c(c3)OCCO4)cc(=O)oc2cc1O. The molecule has 0 bridgehead atoms. The number of phenolic OH excluding ortho intramolecular Hbond substituents is 1. The summed E-state index contributed by atoms with van der Waals surface area (Å²) in [7, 11) is 0. The summed E-state index contributed by atoms with van der Waals surface area (Å²) >= 11 is 0. The van der Waals surface area contributed by atoms with Crippen LogP contribution in [-0.4, -0.2) is 24.3 Å². The van der Waals surface area contributed by atoms with Gasteiger partial charge in [0.05, 0.1) is 6.42 Å². The zero-order chi connectivity index (χ0) is 20.4. The summed E-state index contributed by atoms with van der Waals surface area (Å²) in [6, 6.07) is 9.78. The predicted octanol–water partition coefficient (Wildman–Crippen LogP) is 3.12. The fourth-order valence-corrected chi connectivity index (χ4v) is 3.28. The van der Waals surface area contributed by atoms with Crippen molar-refractivity contribution in [3.8, 4) is 17.2 Å². The Morgan fingerprint density at radius 1 is 1.07 bits per heavy atom. The van der Waals surface area contributed by atoms with Crippen LogP contribution in [0.1, 0.15) is 23.6 Å². The summed E-state index contributed by atoms with van der Waals surface area (Å²) in [6.45, 7) is 2.82. The first-order valence-corrected chi connectivity index (χ1v) is 9.36. The maximum atomic E-state index is 12.3. The Balaban J connectivity index is 1.50. The number of rotatable bonds is 5. The fourth-order valence-electron chi connectivity index (χ4n) is 3.28. The van der Waals surface area contributed by atoms with Crippen LogP contribution in [0.25, 0.3) is 11.0 Å². The van der Waals surface area contributed by atoms with E-state index < -0.39 is 11.6 Å². The largest absolute Gasteiger partial charge is 0.508 e. The quantitative estimate of drug-likeness (QED) is 0.523. The third-order valence-corrected chi connectivity index (χ3v) is 4.75. The van der Waals surface area contributed by atoms with Gasteiger partial charge in [0.2, 0.25) is 0 Å². The molecule has 0 atom stereocenters. The van der Waals surface area contributed by atoms with Crippen molar-refractivity contribution in [1.82, 2.24) is 0 Å². The zero-order valence-electron chi connectivity index (χ0n) is 15.9. The normalized spacial score (nSPS) is 12.7. The molecule has 0 spiro atoms. The second kappa shape index (κ2) is 7.87. The second-order valence-electron chi connectivity index (χ2n) is 6.74. The lowest BCUT2D eigenvalue weighted by atomic mass is 10.0. The number of aryl methyl sites for hydroxylation is 1. The van der Waals surface area contributed by atoms with Crippen molar-refractivity contribution >= 4 is 16.9 Å². The minimum atomic E-state index is -0.570. The van der Waals surface area contributed by atoms with E-state index in [1.54, 1.807) is 24.3 Å². The highest BCUT2D eigenvalue weighted by molar-refractivity contribution is 5.83. The van der Waals surface area contributed by atoms with E-state index in [-0.39, 0.29) is 24.4 Å². The Morgan fingerprint density at radius 2 is 1.86 bits per heavy atom. The molecule has 0 unspecified atom stereocenters. The number of carbonyl (C=O) groups is 1. The smallest absolute Gasteiger partial charge is 0.336 e. The van der Waals surface area contributed by atoms with Gasteiger partial charge in [0.15, 0.2) is 11.5 Å². The zero-order valence-corrected chi connectivity index (χ0v) is 15.9. The first-order chi connectivity index (χ1) is 14.0. The molecule has 2 aromatic carbocycles. The topological polar surface area (TPSA) is 95.2 Å². The van der Waals surface area contributed by atoms with E-state index in [0.717, 1.165) is 11.1 Å². The highest BCUT2D eigenvalue weighted by Gasteiger charge is 2.15. The van der Waals surface area contributed by atoms with Gasteiger partial charge in [-0.25, -0.2) is 4.79 Å². The van der Waals surface area contributed by atoms with Gasteiger partial charge in [-0.2, -0.15) is 0 Å². The summed E-state index contributed by atoms with van der Waals surface area (Å²) in [4.78, 5) is 24.1. The Bertz CT molecular complexity index is 1130. The molecule has 7 nitrogen and oxygen atoms in total. The van der Waals surface area contributed by atoms with Crippen molar-refractivity contribution < 1.29 is 28.5 Å². The first kappa shape index (κ1) is 18.9. The maximum Gasteiger partial charge on any atom is 0.336 e. The molecule has 2 heterocycles. The Hall–Kier alpha value is -3.48. The van der Waals surface area contributed by atoms with Gasteiger partial charge in [0, 0.05) is 23.1 Å². The van der Waals surface area contributed by atoms with E-state index in [0.29, 0.717) is 42.1 Å². The van der Waals surface area contributed by atoms with Crippen LogP contribution in [0.2, 0.25) is 0 Å². The number of aromatic hydroxyl groups is 1. The van der Waals surface area contributed by atoms with Crippen LogP contribution in [0.15, 0.2) is 45.6 Å². The van der Waals surface area contributed by atoms with Gasteiger partial charge < -0.3 is 23.7 Å². The molecule has 1 N–H and O–H groups in total. The van der Waals surface area contributed by atoms with Crippen molar-refractivity contribution in [3.05, 3.63) is 63.5 Å². The molecule has 0 aliphatic carbocycles. The molecule has 1 aromatic heterocycles. The van der Waals surface area contributed by atoms with E-state index in [1.165, 1.54) is 12.1 Å². The van der Waals surface area contributed by atoms with Crippen molar-refractivity contribution in [2.75, 3.05) is 13.2 Å². The van der Waals surface area contributed by atoms with Crippen LogP contribution >= 0.6 is 0 Å². The Labute approximate surface area is 166 Å². The Morgan fingerprint density at radius 3 is 2.66 bits per heavy atom. The van der Waals surface area contributed by atoms with E-state index in [4.69, 9.17) is 18.6 Å². The molecule has 3 aromatic rings. The lowest BCUT2D eigenvalue weighted by molar-refractivity contribution is -0.144. The minimum absolute atomic E-state index is 0.0657. The number of ether oxygens (including phenoxy) is 3. The van der Waals surface area contributed by atoms with Crippen molar-refractivity contribution in [1.29, 1.82) is 0 Å². The van der Waals surface area contributed by atoms with Crippen LogP contribution in [0.4, 0.5) is 0 Å². The highest BCUT2D eigenvalue weighted by Crippen LogP contribution is 2.31. The standard InChI is InChI=1S/C22H20O7/c1-2-14-9-16-15(10-22(25)29-19(16)11-17(14)23)12-28-21(24)8-13-3-4-18-20(7-13)27-6-5-26-18/h3-4,7,9-11,23H,2,5-6,8,12H2,1H3. The number of carbonyl (C=O) groups excluding carboxylic acids is 1. The molecule has 7 heteroatoms. The summed E-state index contributed by atoms with van der Waals surface area (Å²) in [5.74, 6) is 0.902. The predicted molar refractivity (Wildman–Crippen MR) is 104 cm³/mol. The highest BCUT2D eigenvalue weighted by atomic mass is 16.6. The van der Waals surface area contributed by atoms with Crippen LogP contribution in [0.5, 0.6) is 17.2 Å².